The summed E-state index contributed by atoms with van der Waals surface area (Å²) in [6.45, 7) is 6.47. The molecule has 2 aliphatic rings. The van der Waals surface area contributed by atoms with Gasteiger partial charge in [0.15, 0.2) is 0 Å². The number of piperidine rings is 1. The Morgan fingerprint density at radius 3 is 2.16 bits per heavy atom. The molecule has 0 aromatic carbocycles. The number of methoxy groups -OCH3 is 1. The van der Waals surface area contributed by atoms with Crippen molar-refractivity contribution in [3.63, 3.8) is 0 Å². The van der Waals surface area contributed by atoms with Crippen molar-refractivity contribution in [2.75, 3.05) is 20.2 Å². The third kappa shape index (κ3) is 3.31. The number of likely N-dealkylation sites (tertiary alicyclic amines) is 1. The summed E-state index contributed by atoms with van der Waals surface area (Å²) < 4.78 is 4.87. The number of hydrogen-bond acceptors (Lipinski definition) is 3. The molecule has 1 aliphatic heterocycles. The van der Waals surface area contributed by atoms with Crippen LogP contribution in [0.2, 0.25) is 0 Å². The van der Waals surface area contributed by atoms with Crippen molar-refractivity contribution in [2.45, 2.75) is 64.8 Å². The Morgan fingerprint density at radius 1 is 1.05 bits per heavy atom. The fraction of sp³-hybridized carbons (Fsp3) is 0.938. The van der Waals surface area contributed by atoms with E-state index in [1.54, 1.807) is 0 Å². The summed E-state index contributed by atoms with van der Waals surface area (Å²) in [7, 11) is 1.48. The highest BCUT2D eigenvalue weighted by molar-refractivity contribution is 5.72. The summed E-state index contributed by atoms with van der Waals surface area (Å²) in [5.74, 6) is -0.101. The van der Waals surface area contributed by atoms with Crippen LogP contribution in [0.15, 0.2) is 0 Å². The molecule has 110 valence electrons. The van der Waals surface area contributed by atoms with E-state index < -0.39 is 0 Å². The Balaban J connectivity index is 1.87. The average Bonchev–Trinajstić information content (AvgIpc) is 2.46. The molecule has 0 amide bonds. The number of hydrogen-bond donors (Lipinski definition) is 0. The van der Waals surface area contributed by atoms with Gasteiger partial charge in [-0.05, 0) is 51.1 Å². The molecule has 0 bridgehead atoms. The first-order valence-corrected chi connectivity index (χ1v) is 7.90. The van der Waals surface area contributed by atoms with E-state index in [0.29, 0.717) is 11.5 Å². The predicted octanol–water partition coefficient (Wildman–Crippen LogP) is 3.23. The molecule has 0 aromatic rings. The van der Waals surface area contributed by atoms with Crippen LogP contribution in [0.4, 0.5) is 0 Å². The first-order valence-electron chi connectivity index (χ1n) is 7.90. The molecule has 1 aliphatic carbocycles. The lowest BCUT2D eigenvalue weighted by Gasteiger charge is -2.46. The molecule has 0 aromatic heterocycles. The van der Waals surface area contributed by atoms with Crippen LogP contribution >= 0.6 is 0 Å². The van der Waals surface area contributed by atoms with Gasteiger partial charge in [0.1, 0.15) is 0 Å². The standard InChI is InChI=1S/C16H29NO2/c1-13(15(18)19-3)14(2)17-11-9-16(10-12-17)7-5-4-6-8-16/h13-14H,4-12H2,1-3H3. The molecule has 0 radical (unpaired) electrons. The summed E-state index contributed by atoms with van der Waals surface area (Å²) >= 11 is 0. The van der Waals surface area contributed by atoms with Gasteiger partial charge in [-0.25, -0.2) is 0 Å². The minimum atomic E-state index is -0.0783. The van der Waals surface area contributed by atoms with Gasteiger partial charge in [0.2, 0.25) is 0 Å². The van der Waals surface area contributed by atoms with Crippen LogP contribution in [0.1, 0.15) is 58.8 Å². The molecule has 1 heterocycles. The number of rotatable bonds is 3. The summed E-state index contributed by atoms with van der Waals surface area (Å²) in [6.07, 6.45) is 9.80. The fourth-order valence-corrected chi connectivity index (χ4v) is 3.91. The molecule has 1 saturated heterocycles. The zero-order valence-electron chi connectivity index (χ0n) is 12.8. The van der Waals surface area contributed by atoms with E-state index in [-0.39, 0.29) is 11.9 Å². The highest BCUT2D eigenvalue weighted by atomic mass is 16.5. The maximum Gasteiger partial charge on any atom is 0.309 e. The van der Waals surface area contributed by atoms with Gasteiger partial charge < -0.3 is 4.74 Å². The molecule has 19 heavy (non-hydrogen) atoms. The van der Waals surface area contributed by atoms with Crippen LogP contribution < -0.4 is 0 Å². The van der Waals surface area contributed by atoms with Crippen LogP contribution in [-0.4, -0.2) is 37.1 Å². The second-order valence-electron chi connectivity index (χ2n) is 6.65. The summed E-state index contributed by atoms with van der Waals surface area (Å²) in [5.41, 5.74) is 0.642. The van der Waals surface area contributed by atoms with Crippen molar-refractivity contribution >= 4 is 5.97 Å². The normalized spacial score (nSPS) is 26.9. The van der Waals surface area contributed by atoms with Crippen LogP contribution in [0.5, 0.6) is 0 Å². The van der Waals surface area contributed by atoms with E-state index in [0.717, 1.165) is 13.1 Å². The minimum Gasteiger partial charge on any atom is -0.469 e. The third-order valence-corrected chi connectivity index (χ3v) is 5.65. The molecule has 2 rings (SSSR count). The van der Waals surface area contributed by atoms with Gasteiger partial charge in [-0.1, -0.05) is 26.2 Å². The average molecular weight is 267 g/mol. The first-order chi connectivity index (χ1) is 9.08. The molecule has 1 spiro atoms. The Kier molecular flexibility index (Phi) is 4.88. The van der Waals surface area contributed by atoms with Crippen molar-refractivity contribution in [1.82, 2.24) is 4.90 Å². The van der Waals surface area contributed by atoms with Crippen LogP contribution in [-0.2, 0) is 9.53 Å². The van der Waals surface area contributed by atoms with E-state index in [1.807, 2.05) is 6.92 Å². The second kappa shape index (κ2) is 6.25. The van der Waals surface area contributed by atoms with Crippen molar-refractivity contribution < 1.29 is 9.53 Å². The molecule has 3 heteroatoms. The zero-order chi connectivity index (χ0) is 13.9. The summed E-state index contributed by atoms with van der Waals surface area (Å²) in [5, 5.41) is 0. The van der Waals surface area contributed by atoms with Crippen LogP contribution in [0, 0.1) is 11.3 Å². The Labute approximate surface area is 117 Å². The smallest absolute Gasteiger partial charge is 0.309 e. The van der Waals surface area contributed by atoms with Gasteiger partial charge in [-0.2, -0.15) is 0 Å². The Bertz CT molecular complexity index is 300. The topological polar surface area (TPSA) is 29.5 Å². The lowest BCUT2D eigenvalue weighted by atomic mass is 9.68. The Hall–Kier alpha value is -0.570. The van der Waals surface area contributed by atoms with Crippen molar-refractivity contribution in [3.05, 3.63) is 0 Å². The van der Waals surface area contributed by atoms with Gasteiger partial charge in [0.05, 0.1) is 13.0 Å². The van der Waals surface area contributed by atoms with E-state index >= 15 is 0 Å². The van der Waals surface area contributed by atoms with E-state index in [2.05, 4.69) is 11.8 Å². The van der Waals surface area contributed by atoms with Gasteiger partial charge in [-0.3, -0.25) is 9.69 Å². The van der Waals surface area contributed by atoms with E-state index in [9.17, 15) is 4.79 Å². The van der Waals surface area contributed by atoms with E-state index in [1.165, 1.54) is 52.1 Å². The number of nitrogens with zero attached hydrogens (tertiary/aromatic N) is 1. The van der Waals surface area contributed by atoms with Crippen molar-refractivity contribution in [3.8, 4) is 0 Å². The molecule has 2 unspecified atom stereocenters. The lowest BCUT2D eigenvalue weighted by molar-refractivity contribution is -0.147. The highest BCUT2D eigenvalue weighted by Gasteiger charge is 2.37. The second-order valence-corrected chi connectivity index (χ2v) is 6.65. The molecular weight excluding hydrogens is 238 g/mol. The lowest BCUT2D eigenvalue weighted by Crippen LogP contribution is -2.48. The fourth-order valence-electron chi connectivity index (χ4n) is 3.91. The number of carbonyl (C=O) groups is 1. The third-order valence-electron chi connectivity index (χ3n) is 5.65. The van der Waals surface area contributed by atoms with Gasteiger partial charge in [0.25, 0.3) is 0 Å². The largest absolute Gasteiger partial charge is 0.469 e. The molecule has 3 nitrogen and oxygen atoms in total. The highest BCUT2D eigenvalue weighted by Crippen LogP contribution is 2.44. The first kappa shape index (κ1) is 14.8. The molecule has 2 atom stereocenters. The molecule has 1 saturated carbocycles. The maximum atomic E-state index is 11.6. The monoisotopic (exact) mass is 267 g/mol. The van der Waals surface area contributed by atoms with Crippen molar-refractivity contribution in [2.24, 2.45) is 11.3 Å². The van der Waals surface area contributed by atoms with Crippen molar-refractivity contribution in [1.29, 1.82) is 0 Å². The minimum absolute atomic E-state index is 0.0228. The van der Waals surface area contributed by atoms with Crippen LogP contribution in [0.3, 0.4) is 0 Å². The summed E-state index contributed by atoms with van der Waals surface area (Å²) in [6, 6.07) is 0.299. The van der Waals surface area contributed by atoms with Gasteiger partial charge in [0, 0.05) is 6.04 Å². The number of esters is 1. The molecule has 2 fully saturated rings. The van der Waals surface area contributed by atoms with E-state index in [4.69, 9.17) is 4.74 Å². The molecule has 0 N–H and O–H groups in total. The maximum absolute atomic E-state index is 11.6. The Morgan fingerprint density at radius 2 is 1.63 bits per heavy atom. The number of ether oxygens (including phenoxy) is 1. The molecular formula is C16H29NO2. The quantitative estimate of drug-likeness (QED) is 0.735. The number of carbonyl (C=O) groups excluding carboxylic acids is 1. The predicted molar refractivity (Wildman–Crippen MR) is 77.0 cm³/mol. The summed E-state index contributed by atoms with van der Waals surface area (Å²) in [4.78, 5) is 14.1. The SMILES string of the molecule is COC(=O)C(C)C(C)N1CCC2(CCCCC2)CC1. The van der Waals surface area contributed by atoms with Gasteiger partial charge in [-0.15, -0.1) is 0 Å². The van der Waals surface area contributed by atoms with Gasteiger partial charge >= 0.3 is 5.97 Å². The van der Waals surface area contributed by atoms with Crippen LogP contribution in [0.25, 0.3) is 0 Å². The zero-order valence-corrected chi connectivity index (χ0v) is 12.8.